The van der Waals surface area contributed by atoms with Gasteiger partial charge in [-0.2, -0.15) is 0 Å². The first-order valence-electron chi connectivity index (χ1n) is 11.0. The first kappa shape index (κ1) is 24.2. The monoisotopic (exact) mass is 413 g/mol. The molecule has 3 unspecified atom stereocenters. The molecule has 0 spiro atoms. The van der Waals surface area contributed by atoms with Gasteiger partial charge >= 0.3 is 0 Å². The van der Waals surface area contributed by atoms with Crippen LogP contribution in [0.15, 0.2) is 18.6 Å². The highest BCUT2D eigenvalue weighted by molar-refractivity contribution is 6.65. The van der Waals surface area contributed by atoms with Crippen molar-refractivity contribution >= 4 is 23.6 Å². The Morgan fingerprint density at radius 3 is 2.67 bits per heavy atom. The largest absolute Gasteiger partial charge is 0.372 e. The second-order valence-corrected chi connectivity index (χ2v) is 8.93. The molecule has 8 heteroatoms. The zero-order valence-electron chi connectivity index (χ0n) is 19.0. The molecule has 0 aromatic carbocycles. The number of aromatic nitrogens is 3. The van der Waals surface area contributed by atoms with Crippen molar-refractivity contribution in [3.05, 3.63) is 18.6 Å². The van der Waals surface area contributed by atoms with Gasteiger partial charge < -0.3 is 20.1 Å². The molecule has 1 fully saturated rings. The summed E-state index contributed by atoms with van der Waals surface area (Å²) in [4.78, 5) is 8.84. The topological polar surface area (TPSA) is 107 Å². The molecule has 3 rings (SSSR count). The van der Waals surface area contributed by atoms with Gasteiger partial charge in [-0.1, -0.05) is 32.9 Å². The molecule has 164 valence electrons. The number of hydrogen-bond acceptors (Lipinski definition) is 6. The Bertz CT molecular complexity index is 836. The van der Waals surface area contributed by atoms with Crippen molar-refractivity contribution in [3.63, 3.8) is 0 Å². The number of fused-ring (bicyclic) bond motifs is 1. The zero-order chi connectivity index (χ0) is 22.3. The standard InChI is InChI=1S/C19H28BN5.C3H8O2/c1-4-14(7-9-20(2)12-21)15-5-6-16(11-15)25-10-8-17-18(22-3)23-13-24-19(17)25;1-3(2,4)5/h8,10,13-16H,4-7,9,11H2,1-3H3,(H,22,23,24);4-5H,1-2H3. The zero-order valence-corrected chi connectivity index (χ0v) is 19.0. The van der Waals surface area contributed by atoms with E-state index in [1.165, 1.54) is 46.0 Å². The Morgan fingerprint density at radius 1 is 1.37 bits per heavy atom. The number of nitrogens with one attached hydrogen (secondary N) is 1. The average molecular weight is 413 g/mol. The average Bonchev–Trinajstić information content (AvgIpc) is 3.33. The second-order valence-electron chi connectivity index (χ2n) is 8.93. The quantitative estimate of drug-likeness (QED) is 0.466. The fourth-order valence-corrected chi connectivity index (χ4v) is 4.44. The van der Waals surface area contributed by atoms with Crippen LogP contribution in [-0.4, -0.2) is 44.3 Å². The molecule has 0 bridgehead atoms. The third-order valence-corrected chi connectivity index (χ3v) is 5.97. The fraction of sp³-hybridized carbons (Fsp3) is 0.682. The predicted octanol–water partition coefficient (Wildman–Crippen LogP) is 4.12. The van der Waals surface area contributed by atoms with Gasteiger partial charge in [0.1, 0.15) is 17.8 Å². The molecule has 3 N–H and O–H groups in total. The SMILES string of the molecule is CC(C)(O)O.CCC(CCB(C)C#N)C1CCC(n2ccc3c(NC)ncnc32)C1. The second kappa shape index (κ2) is 10.8. The van der Waals surface area contributed by atoms with Gasteiger partial charge in [0.2, 0.25) is 0 Å². The van der Waals surface area contributed by atoms with Crippen LogP contribution < -0.4 is 5.32 Å². The Balaban J connectivity index is 0.000000575. The van der Waals surface area contributed by atoms with E-state index in [9.17, 15) is 0 Å². The molecule has 0 radical (unpaired) electrons. The maximum atomic E-state index is 9.03. The predicted molar refractivity (Wildman–Crippen MR) is 122 cm³/mol. The molecule has 0 saturated heterocycles. The molecule has 3 atom stereocenters. The van der Waals surface area contributed by atoms with E-state index in [0.29, 0.717) is 6.04 Å². The fourth-order valence-electron chi connectivity index (χ4n) is 4.44. The van der Waals surface area contributed by atoms with Crippen LogP contribution in [-0.2, 0) is 0 Å². The van der Waals surface area contributed by atoms with E-state index in [1.807, 2.05) is 13.9 Å². The summed E-state index contributed by atoms with van der Waals surface area (Å²) in [5.41, 5.74) is 1.04. The van der Waals surface area contributed by atoms with Gasteiger partial charge in [0.15, 0.2) is 5.79 Å². The lowest BCUT2D eigenvalue weighted by Gasteiger charge is -2.23. The minimum absolute atomic E-state index is 0.177. The van der Waals surface area contributed by atoms with Gasteiger partial charge in [0.05, 0.1) is 5.39 Å². The molecule has 2 aromatic rings. The highest BCUT2D eigenvalue weighted by atomic mass is 16.5. The van der Waals surface area contributed by atoms with E-state index in [-0.39, 0.29) is 6.71 Å². The molecule has 0 amide bonds. The van der Waals surface area contributed by atoms with Crippen LogP contribution in [0.1, 0.15) is 58.9 Å². The minimum Gasteiger partial charge on any atom is -0.372 e. The van der Waals surface area contributed by atoms with Crippen LogP contribution in [0.2, 0.25) is 13.1 Å². The first-order valence-corrected chi connectivity index (χ1v) is 11.0. The smallest absolute Gasteiger partial charge is 0.264 e. The van der Waals surface area contributed by atoms with Crippen molar-refractivity contribution in [2.45, 2.75) is 77.8 Å². The lowest BCUT2D eigenvalue weighted by Crippen LogP contribution is -2.15. The molecule has 30 heavy (non-hydrogen) atoms. The van der Waals surface area contributed by atoms with Crippen molar-refractivity contribution in [2.24, 2.45) is 11.8 Å². The molecule has 2 heterocycles. The van der Waals surface area contributed by atoms with E-state index in [1.54, 1.807) is 6.33 Å². The van der Waals surface area contributed by atoms with Gasteiger partial charge in [-0.3, -0.25) is 0 Å². The highest BCUT2D eigenvalue weighted by Crippen LogP contribution is 2.42. The van der Waals surface area contributed by atoms with Crippen molar-refractivity contribution < 1.29 is 10.2 Å². The lowest BCUT2D eigenvalue weighted by atomic mass is 9.50. The Hall–Kier alpha value is -2.11. The van der Waals surface area contributed by atoms with E-state index < -0.39 is 5.79 Å². The van der Waals surface area contributed by atoms with Gasteiger partial charge in [-0.15, -0.1) is 0 Å². The molecule has 7 nitrogen and oxygen atoms in total. The summed E-state index contributed by atoms with van der Waals surface area (Å²) in [5.74, 6) is 3.28. The highest BCUT2D eigenvalue weighted by Gasteiger charge is 2.31. The maximum absolute atomic E-state index is 9.03. The maximum Gasteiger partial charge on any atom is 0.264 e. The van der Waals surface area contributed by atoms with Crippen molar-refractivity contribution in [1.82, 2.24) is 14.5 Å². The number of aliphatic hydroxyl groups is 2. The molecular formula is C22H36BN5O2. The Kier molecular flexibility index (Phi) is 8.69. The third-order valence-electron chi connectivity index (χ3n) is 5.97. The van der Waals surface area contributed by atoms with Gasteiger partial charge in [-0.25, -0.2) is 15.2 Å². The van der Waals surface area contributed by atoms with Crippen LogP contribution >= 0.6 is 0 Å². The lowest BCUT2D eigenvalue weighted by molar-refractivity contribution is -0.127. The van der Waals surface area contributed by atoms with Crippen LogP contribution in [0.25, 0.3) is 11.0 Å². The number of hydrogen-bond donors (Lipinski definition) is 3. The summed E-state index contributed by atoms with van der Waals surface area (Å²) >= 11 is 0. The normalized spacial score (nSPS) is 19.7. The van der Waals surface area contributed by atoms with Gasteiger partial charge in [0, 0.05) is 25.3 Å². The van der Waals surface area contributed by atoms with Crippen molar-refractivity contribution in [1.29, 1.82) is 5.26 Å². The molecule has 1 aliphatic rings. The molecule has 2 aromatic heterocycles. The number of nitriles is 1. The van der Waals surface area contributed by atoms with Crippen LogP contribution in [0.4, 0.5) is 5.82 Å². The summed E-state index contributed by atoms with van der Waals surface area (Å²) in [6.07, 6.45) is 11.0. The number of rotatable bonds is 7. The Morgan fingerprint density at radius 2 is 2.07 bits per heavy atom. The Labute approximate surface area is 180 Å². The van der Waals surface area contributed by atoms with Crippen LogP contribution in [0.5, 0.6) is 0 Å². The summed E-state index contributed by atoms with van der Waals surface area (Å²) in [5, 5.41) is 29.4. The summed E-state index contributed by atoms with van der Waals surface area (Å²) < 4.78 is 2.35. The van der Waals surface area contributed by atoms with Gasteiger partial charge in [-0.05, 0) is 51.0 Å². The molecule has 1 saturated carbocycles. The third kappa shape index (κ3) is 6.71. The number of nitrogens with zero attached hydrogens (tertiary/aromatic N) is 4. The van der Waals surface area contributed by atoms with E-state index in [0.717, 1.165) is 35.0 Å². The van der Waals surface area contributed by atoms with Crippen molar-refractivity contribution in [3.8, 4) is 5.97 Å². The van der Waals surface area contributed by atoms with E-state index in [4.69, 9.17) is 15.5 Å². The van der Waals surface area contributed by atoms with Crippen LogP contribution in [0, 0.1) is 23.1 Å². The molecule has 0 aliphatic heterocycles. The summed E-state index contributed by atoms with van der Waals surface area (Å²) in [6.45, 7) is 7.11. The molecular weight excluding hydrogens is 377 g/mol. The summed E-state index contributed by atoms with van der Waals surface area (Å²) in [7, 11) is 1.90. The first-order chi connectivity index (χ1) is 14.2. The van der Waals surface area contributed by atoms with E-state index >= 15 is 0 Å². The van der Waals surface area contributed by atoms with E-state index in [2.05, 4.69) is 45.0 Å². The number of anilines is 1. The van der Waals surface area contributed by atoms with Crippen molar-refractivity contribution in [2.75, 3.05) is 12.4 Å². The minimum atomic E-state index is -1.50. The van der Waals surface area contributed by atoms with Gasteiger partial charge in [0.25, 0.3) is 6.71 Å². The summed E-state index contributed by atoms with van der Waals surface area (Å²) in [6, 6.07) is 2.66. The molecule has 1 aliphatic carbocycles. The van der Waals surface area contributed by atoms with Crippen LogP contribution in [0.3, 0.4) is 0 Å².